The van der Waals surface area contributed by atoms with Crippen molar-refractivity contribution < 1.29 is 0 Å². The molecule has 6 heteroatoms. The Hall–Kier alpha value is -2.11. The van der Waals surface area contributed by atoms with Gasteiger partial charge in [-0.05, 0) is 37.1 Å². The summed E-state index contributed by atoms with van der Waals surface area (Å²) in [5.41, 5.74) is 3.45. The molecule has 0 radical (unpaired) electrons. The highest BCUT2D eigenvalue weighted by Crippen LogP contribution is 2.16. The highest BCUT2D eigenvalue weighted by molar-refractivity contribution is 6.30. The second-order valence-electron chi connectivity index (χ2n) is 6.50. The van der Waals surface area contributed by atoms with E-state index in [9.17, 15) is 0 Å². The molecule has 0 fully saturated rings. The normalized spacial score (nSPS) is 14.3. The van der Waals surface area contributed by atoms with Gasteiger partial charge < -0.3 is 9.88 Å². The second-order valence-corrected chi connectivity index (χ2v) is 6.94. The Bertz CT molecular complexity index is 834. The summed E-state index contributed by atoms with van der Waals surface area (Å²) in [6.07, 6.45) is 10.9. The first kappa shape index (κ1) is 16.4. The Labute approximate surface area is 152 Å². The monoisotopic (exact) mass is 355 g/mol. The van der Waals surface area contributed by atoms with Crippen molar-refractivity contribution in [3.05, 3.63) is 65.0 Å². The molecular formula is C19H22ClN5. The Balaban J connectivity index is 1.36. The maximum absolute atomic E-state index is 5.94. The number of aryl methyl sites for hydroxylation is 1. The summed E-state index contributed by atoms with van der Waals surface area (Å²) in [5, 5.41) is 8.68. The zero-order chi connectivity index (χ0) is 17.1. The third-order valence-corrected chi connectivity index (χ3v) is 4.92. The first-order valence-electron chi connectivity index (χ1n) is 8.83. The maximum atomic E-state index is 5.94. The number of fused-ring (bicyclic) bond motifs is 1. The standard InChI is InChI=1S/C19H22ClN5/c20-16-5-7-17(8-6-16)25-14-15(11-23-25)10-21-12-18-13-22-19-4-2-1-3-9-24(18)19/h5-8,11,13-14,21H,1-4,9-10,12H2. The molecule has 3 heterocycles. The van der Waals surface area contributed by atoms with E-state index in [4.69, 9.17) is 11.6 Å². The third kappa shape index (κ3) is 3.78. The molecule has 2 aromatic heterocycles. The van der Waals surface area contributed by atoms with Crippen molar-refractivity contribution in [3.63, 3.8) is 0 Å². The predicted octanol–water partition coefficient (Wildman–Crippen LogP) is 3.74. The van der Waals surface area contributed by atoms with Gasteiger partial charge in [-0.2, -0.15) is 5.10 Å². The van der Waals surface area contributed by atoms with E-state index in [-0.39, 0.29) is 0 Å². The Morgan fingerprint density at radius 2 is 1.92 bits per heavy atom. The van der Waals surface area contributed by atoms with Crippen LogP contribution in [0.2, 0.25) is 5.02 Å². The van der Waals surface area contributed by atoms with E-state index < -0.39 is 0 Å². The van der Waals surface area contributed by atoms with E-state index in [1.54, 1.807) is 0 Å². The highest BCUT2D eigenvalue weighted by atomic mass is 35.5. The van der Waals surface area contributed by atoms with Crippen LogP contribution in [0.1, 0.15) is 36.3 Å². The largest absolute Gasteiger partial charge is 0.331 e. The second kappa shape index (κ2) is 7.42. The van der Waals surface area contributed by atoms with Crippen LogP contribution >= 0.6 is 11.6 Å². The van der Waals surface area contributed by atoms with Crippen molar-refractivity contribution in [2.75, 3.05) is 0 Å². The summed E-state index contributed by atoms with van der Waals surface area (Å²) >= 11 is 5.94. The van der Waals surface area contributed by atoms with Gasteiger partial charge in [0, 0.05) is 49.0 Å². The van der Waals surface area contributed by atoms with Gasteiger partial charge in [0.1, 0.15) is 5.82 Å². The molecule has 0 spiro atoms. The number of aromatic nitrogens is 4. The molecule has 4 rings (SSSR count). The highest BCUT2D eigenvalue weighted by Gasteiger charge is 2.12. The van der Waals surface area contributed by atoms with Crippen LogP contribution in [0, 0.1) is 0 Å². The number of imidazole rings is 1. The van der Waals surface area contributed by atoms with E-state index in [2.05, 4.69) is 20.0 Å². The lowest BCUT2D eigenvalue weighted by atomic mass is 10.2. The average Bonchev–Trinajstić information content (AvgIpc) is 3.17. The van der Waals surface area contributed by atoms with Crippen molar-refractivity contribution >= 4 is 11.6 Å². The molecule has 5 nitrogen and oxygen atoms in total. The molecule has 130 valence electrons. The summed E-state index contributed by atoms with van der Waals surface area (Å²) in [4.78, 5) is 4.59. The van der Waals surface area contributed by atoms with Gasteiger partial charge in [0.15, 0.2) is 0 Å². The van der Waals surface area contributed by atoms with Crippen LogP contribution in [0.4, 0.5) is 0 Å². The zero-order valence-corrected chi connectivity index (χ0v) is 14.9. The molecule has 1 aliphatic heterocycles. The zero-order valence-electron chi connectivity index (χ0n) is 14.2. The quantitative estimate of drug-likeness (QED) is 0.758. The van der Waals surface area contributed by atoms with E-state index in [1.807, 2.05) is 47.5 Å². The maximum Gasteiger partial charge on any atom is 0.108 e. The van der Waals surface area contributed by atoms with E-state index in [1.165, 1.54) is 30.8 Å². The molecule has 1 aliphatic rings. The van der Waals surface area contributed by atoms with E-state index in [0.29, 0.717) is 0 Å². The van der Waals surface area contributed by atoms with Gasteiger partial charge in [0.25, 0.3) is 0 Å². The summed E-state index contributed by atoms with van der Waals surface area (Å²) < 4.78 is 4.26. The molecule has 0 saturated carbocycles. The number of nitrogens with zero attached hydrogens (tertiary/aromatic N) is 4. The van der Waals surface area contributed by atoms with E-state index in [0.717, 1.165) is 42.3 Å². The summed E-state index contributed by atoms with van der Waals surface area (Å²) in [6, 6.07) is 7.69. The fourth-order valence-electron chi connectivity index (χ4n) is 3.32. The fourth-order valence-corrected chi connectivity index (χ4v) is 3.44. The van der Waals surface area contributed by atoms with Gasteiger partial charge in [-0.15, -0.1) is 0 Å². The van der Waals surface area contributed by atoms with Gasteiger partial charge >= 0.3 is 0 Å². The van der Waals surface area contributed by atoms with Crippen molar-refractivity contribution in [1.29, 1.82) is 0 Å². The topological polar surface area (TPSA) is 47.7 Å². The Morgan fingerprint density at radius 1 is 1.04 bits per heavy atom. The predicted molar refractivity (Wildman–Crippen MR) is 98.9 cm³/mol. The average molecular weight is 356 g/mol. The van der Waals surface area contributed by atoms with Crippen molar-refractivity contribution in [3.8, 4) is 5.69 Å². The molecule has 0 saturated heterocycles. The van der Waals surface area contributed by atoms with Crippen LogP contribution in [0.5, 0.6) is 0 Å². The lowest BCUT2D eigenvalue weighted by molar-refractivity contribution is 0.583. The number of rotatable bonds is 5. The van der Waals surface area contributed by atoms with Crippen LogP contribution in [0.3, 0.4) is 0 Å². The van der Waals surface area contributed by atoms with Gasteiger partial charge in [-0.1, -0.05) is 18.0 Å². The number of hydrogen-bond acceptors (Lipinski definition) is 3. The van der Waals surface area contributed by atoms with Gasteiger partial charge in [0.05, 0.1) is 17.6 Å². The number of nitrogens with one attached hydrogen (secondary N) is 1. The minimum Gasteiger partial charge on any atom is -0.331 e. The first-order valence-corrected chi connectivity index (χ1v) is 9.21. The molecular weight excluding hydrogens is 334 g/mol. The lowest BCUT2D eigenvalue weighted by Crippen LogP contribution is -2.16. The summed E-state index contributed by atoms with van der Waals surface area (Å²) in [6.45, 7) is 2.72. The molecule has 0 aliphatic carbocycles. The molecule has 1 aromatic carbocycles. The first-order chi connectivity index (χ1) is 12.3. The van der Waals surface area contributed by atoms with Gasteiger partial charge in [0.2, 0.25) is 0 Å². The summed E-state index contributed by atoms with van der Waals surface area (Å²) in [7, 11) is 0. The van der Waals surface area contributed by atoms with Crippen LogP contribution in [-0.4, -0.2) is 19.3 Å². The molecule has 0 atom stereocenters. The Kier molecular flexibility index (Phi) is 4.85. The Morgan fingerprint density at radius 3 is 2.80 bits per heavy atom. The van der Waals surface area contributed by atoms with Crippen LogP contribution in [0.15, 0.2) is 42.9 Å². The summed E-state index contributed by atoms with van der Waals surface area (Å²) in [5.74, 6) is 1.24. The minimum atomic E-state index is 0.734. The van der Waals surface area contributed by atoms with Gasteiger partial charge in [-0.3, -0.25) is 0 Å². The molecule has 0 bridgehead atoms. The fraction of sp³-hybridized carbons (Fsp3) is 0.368. The number of hydrogen-bond donors (Lipinski definition) is 1. The van der Waals surface area contributed by atoms with Crippen molar-refractivity contribution in [2.24, 2.45) is 0 Å². The van der Waals surface area contributed by atoms with Crippen LogP contribution in [-0.2, 0) is 26.1 Å². The smallest absolute Gasteiger partial charge is 0.108 e. The van der Waals surface area contributed by atoms with E-state index >= 15 is 0 Å². The molecule has 3 aromatic rings. The van der Waals surface area contributed by atoms with Gasteiger partial charge in [-0.25, -0.2) is 9.67 Å². The minimum absolute atomic E-state index is 0.734. The molecule has 0 unspecified atom stereocenters. The van der Waals surface area contributed by atoms with Crippen LogP contribution < -0.4 is 5.32 Å². The van der Waals surface area contributed by atoms with Crippen LogP contribution in [0.25, 0.3) is 5.69 Å². The number of benzene rings is 1. The third-order valence-electron chi connectivity index (χ3n) is 4.67. The SMILES string of the molecule is Clc1ccc(-n2cc(CNCc3cnc4n3CCCCC4)cn2)cc1. The molecule has 25 heavy (non-hydrogen) atoms. The van der Waals surface area contributed by atoms with Crippen molar-refractivity contribution in [2.45, 2.75) is 45.3 Å². The lowest BCUT2D eigenvalue weighted by Gasteiger charge is -2.09. The molecule has 0 amide bonds. The van der Waals surface area contributed by atoms with Crippen molar-refractivity contribution in [1.82, 2.24) is 24.6 Å². The number of halogens is 1. The molecule has 1 N–H and O–H groups in total.